The molecule has 0 saturated carbocycles. The summed E-state index contributed by atoms with van der Waals surface area (Å²) in [5.74, 6) is -3.15. The van der Waals surface area contributed by atoms with Gasteiger partial charge in [0.15, 0.2) is 17.2 Å². The van der Waals surface area contributed by atoms with Gasteiger partial charge in [0.05, 0.1) is 26.3 Å². The van der Waals surface area contributed by atoms with Crippen LogP contribution in [0.15, 0.2) is 6.20 Å². The number of methoxy groups -OCH3 is 1. The van der Waals surface area contributed by atoms with E-state index in [1.807, 2.05) is 0 Å². The topological polar surface area (TPSA) is 57.7 Å². The SMILES string of the molecule is CCOC(=O)Cc1c(C(F)(F)F)ncc(OC)c1OC(F)(F)F. The summed E-state index contributed by atoms with van der Waals surface area (Å²) in [6.07, 6.45) is -11.1. The number of hydrogen-bond donors (Lipinski definition) is 0. The van der Waals surface area contributed by atoms with Crippen LogP contribution in [0.3, 0.4) is 0 Å². The van der Waals surface area contributed by atoms with Crippen LogP contribution < -0.4 is 9.47 Å². The fourth-order valence-corrected chi connectivity index (χ4v) is 1.65. The van der Waals surface area contributed by atoms with Gasteiger partial charge in [-0.15, -0.1) is 13.2 Å². The van der Waals surface area contributed by atoms with E-state index in [1.54, 1.807) is 0 Å². The van der Waals surface area contributed by atoms with E-state index in [0.29, 0.717) is 6.20 Å². The van der Waals surface area contributed by atoms with Crippen LogP contribution in [0.1, 0.15) is 18.2 Å². The zero-order valence-electron chi connectivity index (χ0n) is 11.8. The van der Waals surface area contributed by atoms with Gasteiger partial charge in [0.2, 0.25) is 0 Å². The number of alkyl halides is 6. The lowest BCUT2D eigenvalue weighted by atomic mass is 10.1. The van der Waals surface area contributed by atoms with Crippen LogP contribution in [0.5, 0.6) is 11.5 Å². The van der Waals surface area contributed by atoms with Crippen molar-refractivity contribution in [3.63, 3.8) is 0 Å². The molecule has 0 radical (unpaired) electrons. The Kier molecular flexibility index (Phi) is 5.67. The standard InChI is InChI=1S/C12H11F6NO4/c1-3-22-8(20)4-6-9(23-12(16,17)18)7(21-2)5-19-10(6)11(13,14)15/h5H,3-4H2,1-2H3. The van der Waals surface area contributed by atoms with Crippen LogP contribution in [0.4, 0.5) is 26.3 Å². The van der Waals surface area contributed by atoms with Gasteiger partial charge < -0.3 is 14.2 Å². The fraction of sp³-hybridized carbons (Fsp3) is 0.500. The van der Waals surface area contributed by atoms with Gasteiger partial charge in [-0.1, -0.05) is 0 Å². The minimum absolute atomic E-state index is 0.160. The Morgan fingerprint density at radius 1 is 1.22 bits per heavy atom. The molecule has 0 spiro atoms. The van der Waals surface area contributed by atoms with Crippen molar-refractivity contribution in [2.24, 2.45) is 0 Å². The molecule has 0 aromatic carbocycles. The van der Waals surface area contributed by atoms with Crippen LogP contribution in [-0.4, -0.2) is 31.0 Å². The quantitative estimate of drug-likeness (QED) is 0.605. The first-order valence-corrected chi connectivity index (χ1v) is 6.04. The molecule has 0 bridgehead atoms. The van der Waals surface area contributed by atoms with Crippen LogP contribution in [0.25, 0.3) is 0 Å². The predicted octanol–water partition coefficient (Wildman–Crippen LogP) is 3.11. The number of hydrogen-bond acceptors (Lipinski definition) is 5. The number of rotatable bonds is 5. The number of aromatic nitrogens is 1. The molecule has 11 heteroatoms. The van der Waals surface area contributed by atoms with Gasteiger partial charge in [0.25, 0.3) is 0 Å². The highest BCUT2D eigenvalue weighted by Crippen LogP contribution is 2.41. The maximum atomic E-state index is 12.9. The molecule has 0 atom stereocenters. The average Bonchev–Trinajstić information content (AvgIpc) is 2.37. The molecule has 0 aliphatic carbocycles. The molecule has 130 valence electrons. The van der Waals surface area contributed by atoms with E-state index in [2.05, 4.69) is 19.2 Å². The van der Waals surface area contributed by atoms with Gasteiger partial charge in [-0.05, 0) is 6.92 Å². The van der Waals surface area contributed by atoms with Crippen molar-refractivity contribution in [2.75, 3.05) is 13.7 Å². The second-order valence-corrected chi connectivity index (χ2v) is 4.01. The monoisotopic (exact) mass is 347 g/mol. The third-order valence-corrected chi connectivity index (χ3v) is 2.43. The van der Waals surface area contributed by atoms with E-state index in [1.165, 1.54) is 6.92 Å². The minimum atomic E-state index is -5.29. The summed E-state index contributed by atoms with van der Waals surface area (Å²) in [5, 5.41) is 0. The number of nitrogens with zero attached hydrogens (tertiary/aromatic N) is 1. The molecular formula is C12H11F6NO4. The summed E-state index contributed by atoms with van der Waals surface area (Å²) in [6, 6.07) is 0. The summed E-state index contributed by atoms with van der Waals surface area (Å²) >= 11 is 0. The molecule has 5 nitrogen and oxygen atoms in total. The van der Waals surface area contributed by atoms with Crippen molar-refractivity contribution in [2.45, 2.75) is 25.9 Å². The molecule has 23 heavy (non-hydrogen) atoms. The third kappa shape index (κ3) is 5.18. The summed E-state index contributed by atoms with van der Waals surface area (Å²) < 4.78 is 88.8. The Hall–Kier alpha value is -2.20. The van der Waals surface area contributed by atoms with E-state index < -0.39 is 47.7 Å². The zero-order valence-corrected chi connectivity index (χ0v) is 11.8. The van der Waals surface area contributed by atoms with Crippen molar-refractivity contribution in [1.29, 1.82) is 0 Å². The Balaban J connectivity index is 3.50. The maximum absolute atomic E-state index is 12.9. The molecule has 0 aliphatic heterocycles. The Labute approximate surface area is 126 Å². The number of esters is 1. The third-order valence-electron chi connectivity index (χ3n) is 2.43. The second-order valence-electron chi connectivity index (χ2n) is 4.01. The largest absolute Gasteiger partial charge is 0.573 e. The van der Waals surface area contributed by atoms with Crippen LogP contribution in [0, 0.1) is 0 Å². The van der Waals surface area contributed by atoms with E-state index in [4.69, 9.17) is 0 Å². The molecule has 0 aliphatic rings. The van der Waals surface area contributed by atoms with Crippen LogP contribution >= 0.6 is 0 Å². The van der Waals surface area contributed by atoms with E-state index >= 15 is 0 Å². The molecule has 0 saturated heterocycles. The lowest BCUT2D eigenvalue weighted by molar-refractivity contribution is -0.275. The molecular weight excluding hydrogens is 336 g/mol. The Morgan fingerprint density at radius 2 is 1.83 bits per heavy atom. The van der Waals surface area contributed by atoms with Crippen molar-refractivity contribution < 1.29 is 45.3 Å². The summed E-state index contributed by atoms with van der Waals surface area (Å²) in [6.45, 7) is 1.23. The maximum Gasteiger partial charge on any atom is 0.573 e. The van der Waals surface area contributed by atoms with Crippen molar-refractivity contribution >= 4 is 5.97 Å². The first kappa shape index (κ1) is 18.8. The van der Waals surface area contributed by atoms with Crippen molar-refractivity contribution in [1.82, 2.24) is 4.98 Å². The van der Waals surface area contributed by atoms with Gasteiger partial charge in [-0.3, -0.25) is 4.79 Å². The summed E-state index contributed by atoms with van der Waals surface area (Å²) in [5.41, 5.74) is -2.81. The zero-order chi connectivity index (χ0) is 17.8. The van der Waals surface area contributed by atoms with Gasteiger partial charge in [0.1, 0.15) is 0 Å². The smallest absolute Gasteiger partial charge is 0.491 e. The molecule has 0 unspecified atom stereocenters. The predicted molar refractivity (Wildman–Crippen MR) is 62.8 cm³/mol. The van der Waals surface area contributed by atoms with E-state index in [0.717, 1.165) is 7.11 Å². The van der Waals surface area contributed by atoms with Gasteiger partial charge in [-0.2, -0.15) is 13.2 Å². The van der Waals surface area contributed by atoms with Gasteiger partial charge >= 0.3 is 18.5 Å². The molecule has 1 aromatic rings. The average molecular weight is 347 g/mol. The lowest BCUT2D eigenvalue weighted by Crippen LogP contribution is -2.23. The first-order valence-electron chi connectivity index (χ1n) is 6.04. The Morgan fingerprint density at radius 3 is 2.26 bits per heavy atom. The van der Waals surface area contributed by atoms with Crippen LogP contribution in [0.2, 0.25) is 0 Å². The first-order chi connectivity index (χ1) is 10.5. The molecule has 0 fully saturated rings. The molecule has 0 N–H and O–H groups in total. The summed E-state index contributed by atoms with van der Waals surface area (Å²) in [4.78, 5) is 14.4. The van der Waals surface area contributed by atoms with E-state index in [9.17, 15) is 31.1 Å². The number of halogens is 6. The highest BCUT2D eigenvalue weighted by atomic mass is 19.4. The van der Waals surface area contributed by atoms with Crippen molar-refractivity contribution in [3.8, 4) is 11.5 Å². The minimum Gasteiger partial charge on any atom is -0.491 e. The number of carbonyl (C=O) groups excluding carboxylic acids is 1. The number of pyridine rings is 1. The highest BCUT2D eigenvalue weighted by Gasteiger charge is 2.41. The normalized spacial score (nSPS) is 12.0. The molecule has 1 rings (SSSR count). The molecule has 1 heterocycles. The van der Waals surface area contributed by atoms with Gasteiger partial charge in [-0.25, -0.2) is 4.98 Å². The number of ether oxygens (including phenoxy) is 3. The summed E-state index contributed by atoms with van der Waals surface area (Å²) in [7, 11) is 0.918. The number of carbonyl (C=O) groups is 1. The second kappa shape index (κ2) is 6.92. The highest BCUT2D eigenvalue weighted by molar-refractivity contribution is 5.74. The lowest BCUT2D eigenvalue weighted by Gasteiger charge is -2.19. The van der Waals surface area contributed by atoms with Crippen molar-refractivity contribution in [3.05, 3.63) is 17.5 Å². The van der Waals surface area contributed by atoms with Crippen LogP contribution in [-0.2, 0) is 22.1 Å². The fourth-order valence-electron chi connectivity index (χ4n) is 1.65. The molecule has 1 aromatic heterocycles. The Bertz CT molecular complexity index is 570. The molecule has 0 amide bonds. The van der Waals surface area contributed by atoms with E-state index in [-0.39, 0.29) is 6.61 Å². The van der Waals surface area contributed by atoms with Gasteiger partial charge in [0, 0.05) is 5.56 Å².